The zero-order valence-corrected chi connectivity index (χ0v) is 18.3. The van der Waals surface area contributed by atoms with Crippen molar-refractivity contribution in [1.29, 1.82) is 0 Å². The molecule has 4 nitrogen and oxygen atoms in total. The van der Waals surface area contributed by atoms with Gasteiger partial charge in [-0.25, -0.2) is 0 Å². The Labute approximate surface area is 181 Å². The Morgan fingerprint density at radius 2 is 1.97 bits per heavy atom. The molecule has 5 heteroatoms. The van der Waals surface area contributed by atoms with Gasteiger partial charge in [-0.05, 0) is 74.2 Å². The van der Waals surface area contributed by atoms with Crippen LogP contribution in [-0.2, 0) is 19.1 Å². The van der Waals surface area contributed by atoms with E-state index in [1.807, 2.05) is 0 Å². The molecule has 4 fully saturated rings. The summed E-state index contributed by atoms with van der Waals surface area (Å²) in [6.07, 6.45) is 3.31. The Balaban J connectivity index is 1.60. The van der Waals surface area contributed by atoms with Crippen LogP contribution in [0, 0.1) is 28.6 Å². The minimum absolute atomic E-state index is 0.0328. The van der Waals surface area contributed by atoms with Crippen LogP contribution in [-0.4, -0.2) is 27.7 Å². The molecule has 3 saturated carbocycles. The van der Waals surface area contributed by atoms with Crippen molar-refractivity contribution in [2.24, 2.45) is 28.6 Å². The molecule has 1 aliphatic heterocycles. The van der Waals surface area contributed by atoms with Gasteiger partial charge in [-0.3, -0.25) is 14.4 Å². The number of fused-ring (bicyclic) bond motifs is 6. The maximum absolute atomic E-state index is 12.6. The van der Waals surface area contributed by atoms with Crippen molar-refractivity contribution in [1.82, 2.24) is 0 Å². The first kappa shape index (κ1) is 16.6. The summed E-state index contributed by atoms with van der Waals surface area (Å²) in [5.74, 6) is -0.264. The molecule has 5 rings (SSSR count). The molecular weight excluding hydrogens is 384 g/mol. The summed E-state index contributed by atoms with van der Waals surface area (Å²) in [4.78, 5) is 37.0. The molecule has 1 heterocycles. The zero-order chi connectivity index (χ0) is 23.3. The van der Waals surface area contributed by atoms with Crippen LogP contribution in [0.4, 0.5) is 0 Å². The third-order valence-electron chi connectivity index (χ3n) is 9.20. The summed E-state index contributed by atoms with van der Waals surface area (Å²) in [5.41, 5.74) is -0.377. The van der Waals surface area contributed by atoms with Crippen molar-refractivity contribution >= 4 is 28.6 Å². The number of allylic oxidation sites excluding steroid dienone is 1. The Morgan fingerprint density at radius 3 is 2.66 bits per heavy atom. The van der Waals surface area contributed by atoms with Crippen LogP contribution in [0.1, 0.15) is 82.6 Å². The molecule has 0 radical (unpaired) electrons. The smallest absolute Gasteiger partial charge is 0.306 e. The lowest BCUT2D eigenvalue weighted by atomic mass is 9.46. The van der Waals surface area contributed by atoms with Crippen LogP contribution in [0.5, 0.6) is 0 Å². The SMILES string of the molecule is [2H]C1=C2C[C@@H](SC(C)=O)[C@@H]3[C@H](CC[C@@]4(C)[C@H]3CC[C@@]43CCC(=O)O3)[C@@]2(C)CC([2H])([2H])C1=O. The first-order valence-electron chi connectivity index (χ1n) is 12.5. The second-order valence-electron chi connectivity index (χ2n) is 10.3. The number of ether oxygens (including phenoxy) is 1. The van der Waals surface area contributed by atoms with E-state index in [9.17, 15) is 14.4 Å². The molecular formula is C24H32O4S. The Bertz CT molecular complexity index is 948. The molecule has 0 amide bonds. The highest BCUT2D eigenvalue weighted by atomic mass is 32.2. The normalized spacial score (nSPS) is 52.2. The maximum Gasteiger partial charge on any atom is 0.306 e. The van der Waals surface area contributed by atoms with Crippen LogP contribution in [0.2, 0.25) is 0 Å². The highest BCUT2D eigenvalue weighted by Gasteiger charge is 2.68. The molecule has 0 aromatic carbocycles. The lowest BCUT2D eigenvalue weighted by Gasteiger charge is -2.61. The lowest BCUT2D eigenvalue weighted by Crippen LogP contribution is -2.57. The van der Waals surface area contributed by atoms with Gasteiger partial charge in [0.2, 0.25) is 0 Å². The fraction of sp³-hybridized carbons (Fsp3) is 0.792. The predicted octanol–water partition coefficient (Wildman–Crippen LogP) is 4.85. The number of esters is 1. The van der Waals surface area contributed by atoms with Crippen molar-refractivity contribution in [3.8, 4) is 0 Å². The Morgan fingerprint density at radius 1 is 1.21 bits per heavy atom. The van der Waals surface area contributed by atoms with Gasteiger partial charge in [-0.15, -0.1) is 0 Å². The molecule has 0 N–H and O–H groups in total. The number of ketones is 1. The van der Waals surface area contributed by atoms with Crippen molar-refractivity contribution in [2.45, 2.75) is 89.4 Å². The van der Waals surface area contributed by atoms with E-state index in [4.69, 9.17) is 8.85 Å². The van der Waals surface area contributed by atoms with Crippen molar-refractivity contribution in [3.63, 3.8) is 0 Å². The first-order chi connectivity index (χ1) is 14.8. The quantitative estimate of drug-likeness (QED) is 0.569. The summed E-state index contributed by atoms with van der Waals surface area (Å²) < 4.78 is 31.3. The largest absolute Gasteiger partial charge is 0.458 e. The fourth-order valence-electron chi connectivity index (χ4n) is 7.76. The molecule has 0 unspecified atom stereocenters. The van der Waals surface area contributed by atoms with Crippen LogP contribution < -0.4 is 0 Å². The van der Waals surface area contributed by atoms with Gasteiger partial charge in [0.15, 0.2) is 10.9 Å². The van der Waals surface area contributed by atoms with Gasteiger partial charge < -0.3 is 4.74 Å². The zero-order valence-electron chi connectivity index (χ0n) is 20.5. The van der Waals surface area contributed by atoms with E-state index < -0.39 is 23.2 Å². The van der Waals surface area contributed by atoms with Gasteiger partial charge in [-0.2, -0.15) is 0 Å². The molecule has 0 bridgehead atoms. The number of rotatable bonds is 1. The molecule has 4 aliphatic carbocycles. The second kappa shape index (κ2) is 6.45. The van der Waals surface area contributed by atoms with Crippen LogP contribution in [0.15, 0.2) is 11.6 Å². The van der Waals surface area contributed by atoms with E-state index in [2.05, 4.69) is 13.8 Å². The molecule has 158 valence electrons. The Kier molecular flexibility index (Phi) is 3.69. The van der Waals surface area contributed by atoms with E-state index in [1.54, 1.807) is 6.92 Å². The molecule has 29 heavy (non-hydrogen) atoms. The van der Waals surface area contributed by atoms with E-state index in [0.29, 0.717) is 12.8 Å². The lowest BCUT2D eigenvalue weighted by molar-refractivity contribution is -0.167. The minimum atomic E-state index is -2.03. The second-order valence-corrected chi connectivity index (χ2v) is 11.7. The van der Waals surface area contributed by atoms with E-state index in [1.165, 1.54) is 11.8 Å². The monoisotopic (exact) mass is 419 g/mol. The van der Waals surface area contributed by atoms with E-state index in [-0.39, 0.29) is 52.0 Å². The van der Waals surface area contributed by atoms with Crippen molar-refractivity contribution < 1.29 is 23.2 Å². The van der Waals surface area contributed by atoms with E-state index in [0.717, 1.165) is 37.7 Å². The third-order valence-corrected chi connectivity index (χ3v) is 10.3. The maximum atomic E-state index is 12.6. The highest BCUT2D eigenvalue weighted by molar-refractivity contribution is 8.14. The van der Waals surface area contributed by atoms with Crippen LogP contribution in [0.3, 0.4) is 0 Å². The predicted molar refractivity (Wildman–Crippen MR) is 112 cm³/mol. The average Bonchev–Trinajstić information content (AvgIpc) is 3.21. The van der Waals surface area contributed by atoms with Crippen LogP contribution >= 0.6 is 11.8 Å². The molecule has 1 spiro atoms. The molecule has 7 atom stereocenters. The molecule has 5 aliphatic rings. The van der Waals surface area contributed by atoms with Crippen molar-refractivity contribution in [3.05, 3.63) is 11.6 Å². The topological polar surface area (TPSA) is 60.4 Å². The van der Waals surface area contributed by atoms with Gasteiger partial charge in [0.05, 0.1) is 1.37 Å². The summed E-state index contributed by atoms with van der Waals surface area (Å²) in [6, 6.07) is -0.169. The summed E-state index contributed by atoms with van der Waals surface area (Å²) in [6.45, 7) is 5.89. The van der Waals surface area contributed by atoms with Gasteiger partial charge >= 0.3 is 5.97 Å². The standard InChI is InChI=1S/C24H32O4S/c1-14(25)29-19-13-15-12-16(26)4-8-22(15,2)17-5-9-23(3)18(21(17)19)6-10-24(23)11-7-20(27)28-24/h12,17-19,21H,4-11,13H2,1-3H3/t17-,18-,19+,21+,22-,23-,24+/m0/s1/i4D2,12D. The summed E-state index contributed by atoms with van der Waals surface area (Å²) in [5, 5.41) is 0.00352. The van der Waals surface area contributed by atoms with Crippen molar-refractivity contribution in [2.75, 3.05) is 0 Å². The average molecular weight is 420 g/mol. The third kappa shape index (κ3) is 2.68. The van der Waals surface area contributed by atoms with Crippen LogP contribution in [0.25, 0.3) is 0 Å². The van der Waals surface area contributed by atoms with Gasteiger partial charge in [0.1, 0.15) is 5.60 Å². The number of carbonyl (C=O) groups is 3. The summed E-state index contributed by atoms with van der Waals surface area (Å²) in [7, 11) is 0. The molecule has 0 aromatic heterocycles. The van der Waals surface area contributed by atoms with Gasteiger partial charge in [0.25, 0.3) is 0 Å². The Hall–Kier alpha value is -1.10. The number of thioether (sulfide) groups is 1. The first-order valence-corrected chi connectivity index (χ1v) is 11.9. The number of carbonyl (C=O) groups excluding carboxylic acids is 3. The number of hydrogen-bond acceptors (Lipinski definition) is 5. The van der Waals surface area contributed by atoms with E-state index >= 15 is 0 Å². The van der Waals surface area contributed by atoms with Gasteiger partial charge in [-0.1, -0.05) is 31.2 Å². The molecule has 1 saturated heterocycles. The summed E-state index contributed by atoms with van der Waals surface area (Å²) >= 11 is 1.33. The fourth-order valence-corrected chi connectivity index (χ4v) is 8.97. The number of hydrogen-bond donors (Lipinski definition) is 0. The minimum Gasteiger partial charge on any atom is -0.458 e. The molecule has 0 aromatic rings. The highest BCUT2D eigenvalue weighted by Crippen LogP contribution is 2.70. The van der Waals surface area contributed by atoms with Gasteiger partial charge in [0, 0.05) is 33.1 Å².